The lowest BCUT2D eigenvalue weighted by molar-refractivity contribution is -0.0635. The Hall–Kier alpha value is 0.250. The van der Waals surface area contributed by atoms with E-state index in [1.165, 1.54) is 6.54 Å². The molecule has 4 rings (SSSR count). The third kappa shape index (κ3) is 2.06. The number of halogens is 1. The largest absolute Gasteiger partial charge is 0.309 e. The topological polar surface area (TPSA) is 3.24 Å². The van der Waals surface area contributed by atoms with Gasteiger partial charge < -0.3 is 4.90 Å². The van der Waals surface area contributed by atoms with Crippen LogP contribution in [0, 0.1) is 23.2 Å². The zero-order valence-corrected chi connectivity index (χ0v) is 10.9. The maximum absolute atomic E-state index is 2.42. The molecule has 0 aromatic heterocycles. The molecule has 2 heteroatoms. The Bertz CT molecular complexity index is 195. The molecule has 15 heavy (non-hydrogen) atoms. The Balaban J connectivity index is 0.000000853. The molecular weight excluding hydrogens is 206 g/mol. The van der Waals surface area contributed by atoms with Crippen molar-refractivity contribution >= 4 is 12.4 Å². The first kappa shape index (κ1) is 11.7. The van der Waals surface area contributed by atoms with Crippen LogP contribution >= 0.6 is 12.4 Å². The van der Waals surface area contributed by atoms with Crippen LogP contribution < -0.4 is 0 Å². The van der Waals surface area contributed by atoms with Gasteiger partial charge in [0.2, 0.25) is 0 Å². The molecule has 4 saturated carbocycles. The SMILES string of the molecule is CN(C)CC12CC3CC(CC(C3)C1)C2.Cl. The van der Waals surface area contributed by atoms with E-state index in [1.54, 1.807) is 38.5 Å². The summed E-state index contributed by atoms with van der Waals surface area (Å²) in [4.78, 5) is 2.42. The van der Waals surface area contributed by atoms with Gasteiger partial charge in [-0.15, -0.1) is 12.4 Å². The van der Waals surface area contributed by atoms with E-state index >= 15 is 0 Å². The van der Waals surface area contributed by atoms with Gasteiger partial charge in [0.25, 0.3) is 0 Å². The van der Waals surface area contributed by atoms with Crippen molar-refractivity contribution in [3.8, 4) is 0 Å². The van der Waals surface area contributed by atoms with Gasteiger partial charge in [0.05, 0.1) is 0 Å². The van der Waals surface area contributed by atoms with Crippen LogP contribution in [0.3, 0.4) is 0 Å². The molecule has 0 aromatic rings. The monoisotopic (exact) mass is 229 g/mol. The van der Waals surface area contributed by atoms with Gasteiger partial charge in [-0.25, -0.2) is 0 Å². The van der Waals surface area contributed by atoms with Crippen LogP contribution in [0.1, 0.15) is 38.5 Å². The van der Waals surface area contributed by atoms with Crippen molar-refractivity contribution in [2.24, 2.45) is 23.2 Å². The Morgan fingerprint density at radius 2 is 1.33 bits per heavy atom. The summed E-state index contributed by atoms with van der Waals surface area (Å²) in [5, 5.41) is 0. The van der Waals surface area contributed by atoms with Gasteiger partial charge in [-0.2, -0.15) is 0 Å². The van der Waals surface area contributed by atoms with E-state index in [0.717, 1.165) is 23.2 Å². The lowest BCUT2D eigenvalue weighted by Crippen LogP contribution is -2.50. The van der Waals surface area contributed by atoms with E-state index in [9.17, 15) is 0 Å². The lowest BCUT2D eigenvalue weighted by Gasteiger charge is -2.57. The summed E-state index contributed by atoms with van der Waals surface area (Å²) in [5.41, 5.74) is 0.748. The fourth-order valence-corrected chi connectivity index (χ4v) is 5.15. The van der Waals surface area contributed by atoms with Crippen molar-refractivity contribution in [3.05, 3.63) is 0 Å². The third-order valence-corrected chi connectivity index (χ3v) is 4.82. The quantitative estimate of drug-likeness (QED) is 0.703. The second-order valence-electron chi connectivity index (χ2n) is 6.66. The van der Waals surface area contributed by atoms with Gasteiger partial charge >= 0.3 is 0 Å². The Kier molecular flexibility index (Phi) is 3.07. The highest BCUT2D eigenvalue weighted by Crippen LogP contribution is 2.59. The number of hydrogen-bond acceptors (Lipinski definition) is 1. The van der Waals surface area contributed by atoms with Crippen molar-refractivity contribution in [2.75, 3.05) is 20.6 Å². The average molecular weight is 230 g/mol. The first-order valence-corrected chi connectivity index (χ1v) is 6.30. The van der Waals surface area contributed by atoms with Crippen LogP contribution in [0.2, 0.25) is 0 Å². The van der Waals surface area contributed by atoms with E-state index in [4.69, 9.17) is 0 Å². The number of hydrogen-bond donors (Lipinski definition) is 0. The predicted octanol–water partition coefficient (Wildman–Crippen LogP) is 3.19. The van der Waals surface area contributed by atoms with Crippen LogP contribution in [0.5, 0.6) is 0 Å². The molecule has 4 aliphatic carbocycles. The Morgan fingerprint density at radius 3 is 1.67 bits per heavy atom. The molecule has 0 radical (unpaired) electrons. The molecule has 0 aromatic carbocycles. The van der Waals surface area contributed by atoms with Crippen LogP contribution in [0.25, 0.3) is 0 Å². The first-order chi connectivity index (χ1) is 6.65. The normalized spacial score (nSPS) is 47.0. The molecule has 0 aliphatic heterocycles. The zero-order chi connectivity index (χ0) is 9.76. The fourth-order valence-electron chi connectivity index (χ4n) is 5.15. The van der Waals surface area contributed by atoms with E-state index in [0.29, 0.717) is 0 Å². The Labute approximate surface area is 100 Å². The number of nitrogens with zero attached hydrogens (tertiary/aromatic N) is 1. The predicted molar refractivity (Wildman–Crippen MR) is 66.4 cm³/mol. The average Bonchev–Trinajstić information content (AvgIpc) is 1.96. The Morgan fingerprint density at radius 1 is 0.933 bits per heavy atom. The smallest absolute Gasteiger partial charge is 0.00322 e. The van der Waals surface area contributed by atoms with Gasteiger partial charge in [-0.1, -0.05) is 0 Å². The van der Waals surface area contributed by atoms with Crippen molar-refractivity contribution in [1.82, 2.24) is 4.90 Å². The zero-order valence-electron chi connectivity index (χ0n) is 10.0. The van der Waals surface area contributed by atoms with Gasteiger partial charge in [-0.05, 0) is 75.8 Å². The van der Waals surface area contributed by atoms with E-state index in [2.05, 4.69) is 19.0 Å². The van der Waals surface area contributed by atoms with Gasteiger partial charge in [0.15, 0.2) is 0 Å². The molecule has 0 atom stereocenters. The van der Waals surface area contributed by atoms with Gasteiger partial charge in [0.1, 0.15) is 0 Å². The van der Waals surface area contributed by atoms with Gasteiger partial charge in [-0.3, -0.25) is 0 Å². The second-order valence-corrected chi connectivity index (χ2v) is 6.66. The molecule has 4 aliphatic rings. The van der Waals surface area contributed by atoms with Crippen LogP contribution in [0.15, 0.2) is 0 Å². The molecular formula is C13H24ClN. The maximum Gasteiger partial charge on any atom is 0.00322 e. The maximum atomic E-state index is 2.42. The summed E-state index contributed by atoms with van der Waals surface area (Å²) in [7, 11) is 4.50. The fraction of sp³-hybridized carbons (Fsp3) is 1.00. The van der Waals surface area contributed by atoms with Crippen LogP contribution in [0.4, 0.5) is 0 Å². The molecule has 0 heterocycles. The molecule has 0 amide bonds. The van der Waals surface area contributed by atoms with E-state index in [1.807, 2.05) is 0 Å². The molecule has 0 unspecified atom stereocenters. The standard InChI is InChI=1S/C13H23N.ClH/c1-14(2)9-13-6-10-3-11(7-13)5-12(4-10)8-13;/h10-12H,3-9H2,1-2H3;1H. The summed E-state index contributed by atoms with van der Waals surface area (Å²) in [6.45, 7) is 1.36. The highest BCUT2D eigenvalue weighted by Gasteiger charge is 2.50. The third-order valence-electron chi connectivity index (χ3n) is 4.82. The molecule has 0 N–H and O–H groups in total. The summed E-state index contributed by atoms with van der Waals surface area (Å²) in [6, 6.07) is 0. The first-order valence-electron chi connectivity index (χ1n) is 6.30. The summed E-state index contributed by atoms with van der Waals surface area (Å²) >= 11 is 0. The molecule has 1 nitrogen and oxygen atoms in total. The van der Waals surface area contributed by atoms with E-state index < -0.39 is 0 Å². The highest BCUT2D eigenvalue weighted by molar-refractivity contribution is 5.85. The van der Waals surface area contributed by atoms with Crippen LogP contribution in [-0.4, -0.2) is 25.5 Å². The lowest BCUT2D eigenvalue weighted by atomic mass is 9.49. The minimum Gasteiger partial charge on any atom is -0.309 e. The minimum absolute atomic E-state index is 0. The van der Waals surface area contributed by atoms with Crippen molar-refractivity contribution < 1.29 is 0 Å². The van der Waals surface area contributed by atoms with Crippen molar-refractivity contribution in [3.63, 3.8) is 0 Å². The molecule has 88 valence electrons. The summed E-state index contributed by atoms with van der Waals surface area (Å²) < 4.78 is 0. The van der Waals surface area contributed by atoms with Crippen molar-refractivity contribution in [2.45, 2.75) is 38.5 Å². The number of rotatable bonds is 2. The summed E-state index contributed by atoms with van der Waals surface area (Å²) in [6.07, 6.45) is 9.39. The van der Waals surface area contributed by atoms with Crippen molar-refractivity contribution in [1.29, 1.82) is 0 Å². The summed E-state index contributed by atoms with van der Waals surface area (Å²) in [5.74, 6) is 3.34. The molecule has 0 saturated heterocycles. The van der Waals surface area contributed by atoms with E-state index in [-0.39, 0.29) is 12.4 Å². The van der Waals surface area contributed by atoms with Gasteiger partial charge in [0, 0.05) is 6.54 Å². The second kappa shape index (κ2) is 3.92. The highest BCUT2D eigenvalue weighted by atomic mass is 35.5. The minimum atomic E-state index is 0. The molecule has 4 bridgehead atoms. The molecule has 0 spiro atoms. The molecule has 4 fully saturated rings. The van der Waals surface area contributed by atoms with Crippen LogP contribution in [-0.2, 0) is 0 Å².